The molecule has 6 heteroatoms. The Morgan fingerprint density at radius 3 is 3.00 bits per heavy atom. The number of rotatable bonds is 3. The first-order valence-corrected chi connectivity index (χ1v) is 8.38. The minimum atomic E-state index is -0.172. The number of nitrogens with one attached hydrogen (secondary N) is 2. The highest BCUT2D eigenvalue weighted by molar-refractivity contribution is 6.03. The van der Waals surface area contributed by atoms with Crippen LogP contribution in [-0.4, -0.2) is 41.9 Å². The highest BCUT2D eigenvalue weighted by Crippen LogP contribution is 2.40. The summed E-state index contributed by atoms with van der Waals surface area (Å²) in [4.78, 5) is 14.9. The van der Waals surface area contributed by atoms with Gasteiger partial charge in [0.05, 0.1) is 10.9 Å². The molecule has 4 rings (SSSR count). The van der Waals surface area contributed by atoms with Gasteiger partial charge in [0, 0.05) is 37.8 Å². The Bertz CT molecular complexity index is 760. The summed E-state index contributed by atoms with van der Waals surface area (Å²) < 4.78 is 1.88. The Morgan fingerprint density at radius 1 is 1.39 bits per heavy atom. The van der Waals surface area contributed by atoms with Gasteiger partial charge in [0.15, 0.2) is 5.82 Å². The van der Waals surface area contributed by atoms with Crippen LogP contribution in [0.1, 0.15) is 19.8 Å². The van der Waals surface area contributed by atoms with Gasteiger partial charge in [-0.3, -0.25) is 9.48 Å². The van der Waals surface area contributed by atoms with Crippen LogP contribution >= 0.6 is 0 Å². The zero-order chi connectivity index (χ0) is 16.0. The quantitative estimate of drug-likeness (QED) is 0.906. The third-order valence-electron chi connectivity index (χ3n) is 5.25. The standard InChI is InChI=1S/C17H23N5O/c1-3-19-15-13-10-12(4-5-14(13)21(2)20-15)22-9-7-17(16(22)23)6-8-18-11-17/h4-5,10,18H,3,6-9,11H2,1-2H3,(H,19,20)/t17-/m0/s1. The zero-order valence-corrected chi connectivity index (χ0v) is 13.7. The van der Waals surface area contributed by atoms with Gasteiger partial charge >= 0.3 is 0 Å². The number of carbonyl (C=O) groups excluding carboxylic acids is 1. The van der Waals surface area contributed by atoms with Gasteiger partial charge in [0.25, 0.3) is 0 Å². The molecule has 1 amide bonds. The molecular formula is C17H23N5O. The second kappa shape index (κ2) is 5.23. The van der Waals surface area contributed by atoms with Crippen LogP contribution < -0.4 is 15.5 Å². The second-order valence-corrected chi connectivity index (χ2v) is 6.62. The highest BCUT2D eigenvalue weighted by Gasteiger charge is 2.48. The number of hydrogen-bond acceptors (Lipinski definition) is 4. The van der Waals surface area contributed by atoms with Crippen molar-refractivity contribution in [3.8, 4) is 0 Å². The smallest absolute Gasteiger partial charge is 0.234 e. The van der Waals surface area contributed by atoms with Crippen LogP contribution in [0.4, 0.5) is 11.5 Å². The van der Waals surface area contributed by atoms with E-state index in [1.54, 1.807) is 0 Å². The van der Waals surface area contributed by atoms with Gasteiger partial charge in [-0.05, 0) is 44.5 Å². The van der Waals surface area contributed by atoms with Crippen molar-refractivity contribution in [1.82, 2.24) is 15.1 Å². The van der Waals surface area contributed by atoms with Crippen LogP contribution in [-0.2, 0) is 11.8 Å². The summed E-state index contributed by atoms with van der Waals surface area (Å²) in [5, 5.41) is 12.3. The molecule has 1 aromatic carbocycles. The lowest BCUT2D eigenvalue weighted by Gasteiger charge is -2.22. The lowest BCUT2D eigenvalue weighted by molar-refractivity contribution is -0.124. The predicted molar refractivity (Wildman–Crippen MR) is 91.8 cm³/mol. The minimum absolute atomic E-state index is 0.172. The van der Waals surface area contributed by atoms with Crippen LogP contribution in [0.5, 0.6) is 0 Å². The van der Waals surface area contributed by atoms with E-state index in [1.807, 2.05) is 22.7 Å². The molecule has 0 radical (unpaired) electrons. The Balaban J connectivity index is 1.72. The van der Waals surface area contributed by atoms with Crippen LogP contribution in [0.25, 0.3) is 10.9 Å². The van der Waals surface area contributed by atoms with E-state index in [-0.39, 0.29) is 11.3 Å². The van der Waals surface area contributed by atoms with E-state index in [4.69, 9.17) is 0 Å². The van der Waals surface area contributed by atoms with Gasteiger partial charge in [0.1, 0.15) is 0 Å². The molecule has 1 spiro atoms. The molecule has 23 heavy (non-hydrogen) atoms. The zero-order valence-electron chi connectivity index (χ0n) is 13.7. The van der Waals surface area contributed by atoms with Crippen LogP contribution in [0.3, 0.4) is 0 Å². The summed E-state index contributed by atoms with van der Waals surface area (Å²) in [6, 6.07) is 6.20. The van der Waals surface area contributed by atoms with Crippen molar-refractivity contribution < 1.29 is 4.79 Å². The number of carbonyl (C=O) groups is 1. The van der Waals surface area contributed by atoms with E-state index in [9.17, 15) is 4.79 Å². The summed E-state index contributed by atoms with van der Waals surface area (Å²) in [5.74, 6) is 1.16. The van der Waals surface area contributed by atoms with E-state index in [2.05, 4.69) is 34.8 Å². The van der Waals surface area contributed by atoms with Crippen molar-refractivity contribution in [3.05, 3.63) is 18.2 Å². The lowest BCUT2D eigenvalue weighted by atomic mass is 9.86. The van der Waals surface area contributed by atoms with Crippen LogP contribution in [0, 0.1) is 5.41 Å². The van der Waals surface area contributed by atoms with E-state index < -0.39 is 0 Å². The number of amides is 1. The van der Waals surface area contributed by atoms with Crippen molar-refractivity contribution in [2.45, 2.75) is 19.8 Å². The molecule has 2 aliphatic rings. The first-order chi connectivity index (χ1) is 11.1. The molecule has 0 aliphatic carbocycles. The van der Waals surface area contributed by atoms with Crippen molar-refractivity contribution in [2.75, 3.05) is 36.4 Å². The lowest BCUT2D eigenvalue weighted by Crippen LogP contribution is -2.36. The van der Waals surface area contributed by atoms with Crippen molar-refractivity contribution in [3.63, 3.8) is 0 Å². The molecule has 0 saturated carbocycles. The SMILES string of the molecule is CCNc1nn(C)c2ccc(N3CC[C@]4(CCNC4)C3=O)cc12. The van der Waals surface area contributed by atoms with Gasteiger partial charge in [-0.25, -0.2) is 0 Å². The maximum atomic E-state index is 12.9. The fourth-order valence-electron chi connectivity index (χ4n) is 3.93. The monoisotopic (exact) mass is 313 g/mol. The number of nitrogens with zero attached hydrogens (tertiary/aromatic N) is 3. The van der Waals surface area contributed by atoms with Crippen LogP contribution in [0.2, 0.25) is 0 Å². The second-order valence-electron chi connectivity index (χ2n) is 6.62. The summed E-state index contributed by atoms with van der Waals surface area (Å²) in [6.07, 6.45) is 1.91. The third kappa shape index (κ3) is 2.12. The van der Waals surface area contributed by atoms with E-state index >= 15 is 0 Å². The highest BCUT2D eigenvalue weighted by atomic mass is 16.2. The number of fused-ring (bicyclic) bond motifs is 1. The molecule has 0 unspecified atom stereocenters. The number of hydrogen-bond donors (Lipinski definition) is 2. The Morgan fingerprint density at radius 2 is 2.26 bits per heavy atom. The summed E-state index contributed by atoms with van der Waals surface area (Å²) in [7, 11) is 1.95. The van der Waals surface area contributed by atoms with Gasteiger partial charge in [-0.15, -0.1) is 0 Å². The Kier molecular flexibility index (Phi) is 3.30. The molecule has 2 aliphatic heterocycles. The topological polar surface area (TPSA) is 62.2 Å². The van der Waals surface area contributed by atoms with Crippen LogP contribution in [0.15, 0.2) is 18.2 Å². The van der Waals surface area contributed by atoms with E-state index in [0.29, 0.717) is 0 Å². The van der Waals surface area contributed by atoms with Crippen molar-refractivity contribution >= 4 is 28.3 Å². The number of anilines is 2. The molecule has 0 bridgehead atoms. The molecule has 3 heterocycles. The summed E-state index contributed by atoms with van der Waals surface area (Å²) in [6.45, 7) is 5.47. The fraction of sp³-hybridized carbons (Fsp3) is 0.529. The van der Waals surface area contributed by atoms with Gasteiger partial charge in [-0.2, -0.15) is 5.10 Å². The first kappa shape index (κ1) is 14.5. The average Bonchev–Trinajstić information content (AvgIpc) is 3.23. The number of aryl methyl sites for hydroxylation is 1. The normalized spacial score (nSPS) is 24.3. The maximum absolute atomic E-state index is 12.9. The van der Waals surface area contributed by atoms with Gasteiger partial charge in [-0.1, -0.05) is 0 Å². The molecule has 122 valence electrons. The average molecular weight is 313 g/mol. The van der Waals surface area contributed by atoms with Gasteiger partial charge in [0.2, 0.25) is 5.91 Å². The summed E-state index contributed by atoms with van der Waals surface area (Å²) in [5.41, 5.74) is 1.89. The fourth-order valence-corrected chi connectivity index (χ4v) is 3.93. The minimum Gasteiger partial charge on any atom is -0.368 e. The number of aromatic nitrogens is 2. The molecule has 2 aromatic rings. The molecular weight excluding hydrogens is 290 g/mol. The van der Waals surface area contributed by atoms with E-state index in [1.165, 1.54) is 0 Å². The largest absolute Gasteiger partial charge is 0.368 e. The molecule has 1 aromatic heterocycles. The van der Waals surface area contributed by atoms with Gasteiger partial charge < -0.3 is 15.5 Å². The number of benzene rings is 1. The molecule has 1 atom stereocenters. The predicted octanol–water partition coefficient (Wildman–Crippen LogP) is 1.72. The van der Waals surface area contributed by atoms with Crippen molar-refractivity contribution in [1.29, 1.82) is 0 Å². The third-order valence-corrected chi connectivity index (χ3v) is 5.25. The molecule has 2 fully saturated rings. The molecule has 6 nitrogen and oxygen atoms in total. The Hall–Kier alpha value is -2.08. The van der Waals surface area contributed by atoms with Crippen molar-refractivity contribution in [2.24, 2.45) is 12.5 Å². The Labute approximate surface area is 135 Å². The van der Waals surface area contributed by atoms with E-state index in [0.717, 1.165) is 61.4 Å². The first-order valence-electron chi connectivity index (χ1n) is 8.38. The summed E-state index contributed by atoms with van der Waals surface area (Å²) >= 11 is 0. The molecule has 2 saturated heterocycles. The molecule has 2 N–H and O–H groups in total. The maximum Gasteiger partial charge on any atom is 0.234 e.